The fourth-order valence-electron chi connectivity index (χ4n) is 4.32. The number of aliphatic hydroxyl groups is 5. The molecule has 0 amide bonds. The van der Waals surface area contributed by atoms with E-state index in [2.05, 4.69) is 0 Å². The maximum atomic E-state index is 13.4. The van der Waals surface area contributed by atoms with Gasteiger partial charge in [-0.2, -0.15) is 0 Å². The van der Waals surface area contributed by atoms with Crippen molar-refractivity contribution < 1.29 is 38.7 Å². The van der Waals surface area contributed by atoms with E-state index < -0.39 is 46.3 Å². The number of rotatable bonds is 5. The Hall–Kier alpha value is -2.31. The van der Waals surface area contributed by atoms with Crippen LogP contribution in [0, 0.1) is 0 Å². The van der Waals surface area contributed by atoms with Crippen LogP contribution in [0.2, 0.25) is 0 Å². The van der Waals surface area contributed by atoms with Gasteiger partial charge in [-0.15, -0.1) is 0 Å². The van der Waals surface area contributed by atoms with Gasteiger partial charge in [0.1, 0.15) is 18.3 Å². The van der Waals surface area contributed by atoms with Crippen LogP contribution in [0.4, 0.5) is 0 Å². The number of para-hydroxylation sites is 1. The zero-order valence-electron chi connectivity index (χ0n) is 17.2. The van der Waals surface area contributed by atoms with Crippen molar-refractivity contribution in [2.24, 2.45) is 0 Å². The highest BCUT2D eigenvalue weighted by atomic mass is 32.2. The monoisotopic (exact) mass is 463 g/mol. The van der Waals surface area contributed by atoms with Crippen molar-refractivity contribution in [2.45, 2.75) is 47.9 Å². The molecule has 2 heterocycles. The van der Waals surface area contributed by atoms with Gasteiger partial charge in [0, 0.05) is 23.6 Å². The lowest BCUT2D eigenvalue weighted by atomic mass is 9.74. The minimum Gasteiger partial charge on any atom is -0.394 e. The molecule has 5 atom stereocenters. The molecular weight excluding hydrogens is 438 g/mol. The van der Waals surface area contributed by atoms with E-state index >= 15 is 0 Å². The lowest BCUT2D eigenvalue weighted by molar-refractivity contribution is -0.395. The van der Waals surface area contributed by atoms with Crippen LogP contribution in [0.3, 0.4) is 0 Å². The largest absolute Gasteiger partial charge is 0.394 e. The Morgan fingerprint density at radius 1 is 1.03 bits per heavy atom. The van der Waals surface area contributed by atoms with E-state index in [0.717, 1.165) is 10.2 Å². The lowest BCUT2D eigenvalue weighted by Crippen LogP contribution is -2.70. The first-order valence-corrected chi connectivity index (χ1v) is 11.6. The van der Waals surface area contributed by atoms with Gasteiger partial charge in [-0.1, -0.05) is 43.3 Å². The first-order chi connectivity index (χ1) is 15.1. The molecule has 0 spiro atoms. The zero-order chi connectivity index (χ0) is 23.3. The van der Waals surface area contributed by atoms with E-state index in [-0.39, 0.29) is 27.8 Å². The molecule has 1 fully saturated rings. The third-order valence-corrected chi connectivity index (χ3v) is 7.81. The number of hydrogen-bond acceptors (Lipinski definition) is 8. The standard InChI is InChI=1S/C22H25NO8S/c1-2-21(27)22(28,20(26)19(25)18(13-24)31-21)16-12-23(17-11-7-6-10-15(16)17)32(29,30)14-8-4-3-5-9-14/h3-12,18-20,24-28H,2,13H2,1H3/t18-,19-,20+,21+,22-/m1/s1. The smallest absolute Gasteiger partial charge is 0.268 e. The normalized spacial score (nSPS) is 31.1. The van der Waals surface area contributed by atoms with Crippen molar-refractivity contribution in [3.8, 4) is 0 Å². The molecular formula is C22H25NO8S. The second-order valence-electron chi connectivity index (χ2n) is 7.85. The zero-order valence-corrected chi connectivity index (χ0v) is 18.1. The molecule has 0 radical (unpaired) electrons. The van der Waals surface area contributed by atoms with Crippen LogP contribution in [0.5, 0.6) is 0 Å². The number of nitrogens with zero attached hydrogens (tertiary/aromatic N) is 1. The van der Waals surface area contributed by atoms with E-state index in [0.29, 0.717) is 0 Å². The van der Waals surface area contributed by atoms with E-state index in [4.69, 9.17) is 4.74 Å². The summed E-state index contributed by atoms with van der Waals surface area (Å²) in [5.41, 5.74) is -2.55. The molecule has 32 heavy (non-hydrogen) atoms. The van der Waals surface area contributed by atoms with E-state index in [1.807, 2.05) is 0 Å². The van der Waals surface area contributed by atoms with Gasteiger partial charge in [-0.25, -0.2) is 12.4 Å². The lowest BCUT2D eigenvalue weighted by Gasteiger charge is -2.52. The molecule has 0 aliphatic carbocycles. The van der Waals surface area contributed by atoms with Crippen molar-refractivity contribution in [3.05, 3.63) is 66.4 Å². The van der Waals surface area contributed by atoms with Crippen molar-refractivity contribution >= 4 is 20.9 Å². The van der Waals surface area contributed by atoms with Crippen LogP contribution < -0.4 is 0 Å². The summed E-state index contributed by atoms with van der Waals surface area (Å²) < 4.78 is 33.1. The van der Waals surface area contributed by atoms with Crippen LogP contribution in [-0.4, -0.2) is 68.6 Å². The highest BCUT2D eigenvalue weighted by Gasteiger charge is 2.64. The Morgan fingerprint density at radius 3 is 2.28 bits per heavy atom. The molecule has 3 aromatic rings. The molecule has 172 valence electrons. The Labute approximate surface area is 184 Å². The fraction of sp³-hybridized carbons (Fsp3) is 0.364. The van der Waals surface area contributed by atoms with Gasteiger partial charge in [0.2, 0.25) is 5.79 Å². The molecule has 0 unspecified atom stereocenters. The topological polar surface area (TPSA) is 149 Å². The molecule has 1 aliphatic rings. The van der Waals surface area contributed by atoms with Crippen LogP contribution in [0.25, 0.3) is 10.9 Å². The molecule has 1 aromatic heterocycles. The molecule has 10 heteroatoms. The van der Waals surface area contributed by atoms with Crippen molar-refractivity contribution in [1.29, 1.82) is 0 Å². The van der Waals surface area contributed by atoms with Crippen LogP contribution in [0.1, 0.15) is 18.9 Å². The Morgan fingerprint density at radius 2 is 1.66 bits per heavy atom. The van der Waals surface area contributed by atoms with E-state index in [1.165, 1.54) is 31.2 Å². The minimum atomic E-state index is -4.10. The number of benzene rings is 2. The summed E-state index contributed by atoms with van der Waals surface area (Å²) in [5, 5.41) is 54.0. The quantitative estimate of drug-likeness (QED) is 0.362. The first kappa shape index (κ1) is 22.9. The number of hydrogen-bond donors (Lipinski definition) is 5. The molecule has 1 aliphatic heterocycles. The van der Waals surface area contributed by atoms with E-state index in [1.54, 1.807) is 30.3 Å². The van der Waals surface area contributed by atoms with Crippen molar-refractivity contribution in [1.82, 2.24) is 3.97 Å². The van der Waals surface area contributed by atoms with Gasteiger partial charge >= 0.3 is 0 Å². The highest BCUT2D eigenvalue weighted by Crippen LogP contribution is 2.48. The highest BCUT2D eigenvalue weighted by molar-refractivity contribution is 7.90. The van der Waals surface area contributed by atoms with Crippen LogP contribution in [-0.2, 0) is 20.4 Å². The Balaban J connectivity index is 2.00. The molecule has 4 rings (SSSR count). The predicted molar refractivity (Wildman–Crippen MR) is 114 cm³/mol. The van der Waals surface area contributed by atoms with Crippen molar-refractivity contribution in [2.75, 3.05) is 6.61 Å². The summed E-state index contributed by atoms with van der Waals surface area (Å²) in [7, 11) is -4.10. The van der Waals surface area contributed by atoms with Crippen LogP contribution >= 0.6 is 0 Å². The minimum absolute atomic E-state index is 0.00543. The third-order valence-electron chi connectivity index (χ3n) is 6.12. The second kappa shape index (κ2) is 7.92. The molecule has 1 saturated heterocycles. The third kappa shape index (κ3) is 3.11. The molecule has 0 saturated carbocycles. The van der Waals surface area contributed by atoms with E-state index in [9.17, 15) is 34.0 Å². The van der Waals surface area contributed by atoms with Gasteiger partial charge < -0.3 is 30.3 Å². The average molecular weight is 464 g/mol. The van der Waals surface area contributed by atoms with Crippen molar-refractivity contribution in [3.63, 3.8) is 0 Å². The van der Waals surface area contributed by atoms with Gasteiger partial charge in [-0.05, 0) is 18.2 Å². The maximum absolute atomic E-state index is 13.4. The summed E-state index contributed by atoms with van der Waals surface area (Å²) >= 11 is 0. The molecule has 0 bridgehead atoms. The van der Waals surface area contributed by atoms with Gasteiger partial charge in [-0.3, -0.25) is 0 Å². The molecule has 9 nitrogen and oxygen atoms in total. The predicted octanol–water partition coefficient (Wildman–Crippen LogP) is 0.277. The fourth-order valence-corrected chi connectivity index (χ4v) is 5.71. The van der Waals surface area contributed by atoms with Gasteiger partial charge in [0.15, 0.2) is 5.60 Å². The summed E-state index contributed by atoms with van der Waals surface area (Å²) in [6.07, 6.45) is -4.20. The average Bonchev–Trinajstić information content (AvgIpc) is 3.21. The summed E-state index contributed by atoms with van der Waals surface area (Å²) in [6, 6.07) is 14.0. The second-order valence-corrected chi connectivity index (χ2v) is 9.67. The van der Waals surface area contributed by atoms with Gasteiger partial charge in [0.05, 0.1) is 17.0 Å². The number of aliphatic hydroxyl groups excluding tert-OH is 3. The number of fused-ring (bicyclic) bond motifs is 1. The first-order valence-electron chi connectivity index (χ1n) is 10.1. The number of aromatic nitrogens is 1. The SMILES string of the molecule is CC[C@]1(O)O[C@H](CO)[C@@H](O)[C@H](O)[C@]1(O)c1cn(S(=O)(=O)c2ccccc2)c2ccccc12. The summed E-state index contributed by atoms with van der Waals surface area (Å²) in [5.74, 6) is -2.43. The number of ether oxygens (including phenoxy) is 1. The Bertz CT molecular complexity index is 1230. The molecule has 2 aromatic carbocycles. The summed E-state index contributed by atoms with van der Waals surface area (Å²) in [4.78, 5) is 0.00543. The Kier molecular flexibility index (Phi) is 5.66. The molecule has 5 N–H and O–H groups in total. The maximum Gasteiger partial charge on any atom is 0.268 e. The summed E-state index contributed by atoms with van der Waals surface area (Å²) in [6.45, 7) is 0.782. The van der Waals surface area contributed by atoms with Gasteiger partial charge in [0.25, 0.3) is 10.0 Å². The van der Waals surface area contributed by atoms with Crippen LogP contribution in [0.15, 0.2) is 65.7 Å².